The number of hydrogen-bond donors (Lipinski definition) is 0. The number of hydrogen-bond acceptors (Lipinski definition) is 3. The van der Waals surface area contributed by atoms with Crippen molar-refractivity contribution in [2.45, 2.75) is 104 Å². The number of ether oxygens (including phenoxy) is 1. The van der Waals surface area contributed by atoms with Crippen molar-refractivity contribution in [3.63, 3.8) is 0 Å². The van der Waals surface area contributed by atoms with E-state index in [0.29, 0.717) is 12.2 Å². The minimum atomic E-state index is -0.152. The fraction of sp³-hybridized carbons (Fsp3) is 0.586. The summed E-state index contributed by atoms with van der Waals surface area (Å²) < 4.78 is 5.74. The first-order chi connectivity index (χ1) is 15.6. The molecule has 0 saturated heterocycles. The van der Waals surface area contributed by atoms with Gasteiger partial charge in [0.25, 0.3) is 0 Å². The Bertz CT molecular complexity index is 786. The SMILES string of the molecule is CCCCCCCCCc1ccnc(-c2ccccc2OC(=O)CCCCC(C)CC)c1. The summed E-state index contributed by atoms with van der Waals surface area (Å²) in [6.45, 7) is 6.74. The average Bonchev–Trinajstić information content (AvgIpc) is 2.81. The molecule has 2 aromatic rings. The molecule has 32 heavy (non-hydrogen) atoms. The lowest BCUT2D eigenvalue weighted by molar-refractivity contribution is -0.134. The molecule has 0 aliphatic rings. The number of carbonyl (C=O) groups is 1. The van der Waals surface area contributed by atoms with Crippen LogP contribution in [0.1, 0.15) is 103 Å². The van der Waals surface area contributed by atoms with Crippen molar-refractivity contribution in [1.29, 1.82) is 0 Å². The van der Waals surface area contributed by atoms with Crippen LogP contribution in [0, 0.1) is 5.92 Å². The number of rotatable bonds is 16. The monoisotopic (exact) mass is 437 g/mol. The molecule has 0 aliphatic carbocycles. The van der Waals surface area contributed by atoms with Gasteiger partial charge in [0.05, 0.1) is 5.69 Å². The van der Waals surface area contributed by atoms with Crippen LogP contribution in [0.3, 0.4) is 0 Å². The van der Waals surface area contributed by atoms with Gasteiger partial charge < -0.3 is 4.74 Å². The van der Waals surface area contributed by atoms with Gasteiger partial charge >= 0.3 is 5.97 Å². The van der Waals surface area contributed by atoms with E-state index >= 15 is 0 Å². The highest BCUT2D eigenvalue weighted by atomic mass is 16.5. The summed E-state index contributed by atoms with van der Waals surface area (Å²) in [4.78, 5) is 17.0. The Morgan fingerprint density at radius 2 is 1.69 bits per heavy atom. The van der Waals surface area contributed by atoms with Crippen LogP contribution in [0.5, 0.6) is 5.75 Å². The summed E-state index contributed by atoms with van der Waals surface area (Å²) >= 11 is 0. The van der Waals surface area contributed by atoms with E-state index < -0.39 is 0 Å². The van der Waals surface area contributed by atoms with E-state index in [1.54, 1.807) is 0 Å². The van der Waals surface area contributed by atoms with E-state index in [9.17, 15) is 4.79 Å². The highest BCUT2D eigenvalue weighted by molar-refractivity contribution is 5.77. The molecule has 1 atom stereocenters. The van der Waals surface area contributed by atoms with E-state index in [1.165, 1.54) is 63.4 Å². The molecule has 0 spiro atoms. The summed E-state index contributed by atoms with van der Waals surface area (Å²) in [6, 6.07) is 12.0. The van der Waals surface area contributed by atoms with Crippen LogP contribution in [-0.4, -0.2) is 11.0 Å². The Hall–Kier alpha value is -2.16. The standard InChI is InChI=1S/C29H43NO2/c1-4-6-7-8-9-10-11-17-25-21-22-30-27(23-25)26-18-13-14-19-28(26)32-29(31)20-15-12-16-24(3)5-2/h13-14,18-19,21-24H,4-12,15-17,20H2,1-3H3. The lowest BCUT2D eigenvalue weighted by Crippen LogP contribution is -2.08. The fourth-order valence-corrected chi connectivity index (χ4v) is 3.97. The molecule has 0 fully saturated rings. The third kappa shape index (κ3) is 9.97. The van der Waals surface area contributed by atoms with Crippen molar-refractivity contribution in [2.75, 3.05) is 0 Å². The maximum atomic E-state index is 12.4. The van der Waals surface area contributed by atoms with Gasteiger partial charge in [-0.05, 0) is 55.0 Å². The van der Waals surface area contributed by atoms with Crippen molar-refractivity contribution >= 4 is 5.97 Å². The molecule has 1 heterocycles. The Morgan fingerprint density at radius 1 is 0.938 bits per heavy atom. The molecule has 3 heteroatoms. The number of benzene rings is 1. The third-order valence-electron chi connectivity index (χ3n) is 6.30. The Balaban J connectivity index is 1.88. The van der Waals surface area contributed by atoms with Gasteiger partial charge in [0, 0.05) is 18.2 Å². The topological polar surface area (TPSA) is 39.2 Å². The molecule has 0 saturated carbocycles. The molecule has 1 aromatic carbocycles. The molecule has 1 unspecified atom stereocenters. The van der Waals surface area contributed by atoms with Gasteiger partial charge in [-0.1, -0.05) is 90.7 Å². The number of carbonyl (C=O) groups excluding carboxylic acids is 1. The number of para-hydroxylation sites is 1. The summed E-state index contributed by atoms with van der Waals surface area (Å²) in [5, 5.41) is 0. The molecule has 2 rings (SSSR count). The summed E-state index contributed by atoms with van der Waals surface area (Å²) in [5.41, 5.74) is 3.07. The average molecular weight is 438 g/mol. The molecular weight excluding hydrogens is 394 g/mol. The molecule has 1 aromatic heterocycles. The van der Waals surface area contributed by atoms with Gasteiger partial charge in [-0.25, -0.2) is 0 Å². The highest BCUT2D eigenvalue weighted by Crippen LogP contribution is 2.29. The smallest absolute Gasteiger partial charge is 0.311 e. The number of unbranched alkanes of at least 4 members (excludes halogenated alkanes) is 7. The number of esters is 1. The van der Waals surface area contributed by atoms with E-state index in [4.69, 9.17) is 4.74 Å². The van der Waals surface area contributed by atoms with Crippen LogP contribution in [-0.2, 0) is 11.2 Å². The quantitative estimate of drug-likeness (QED) is 0.150. The van der Waals surface area contributed by atoms with Crippen molar-refractivity contribution in [3.8, 4) is 17.0 Å². The number of nitrogens with zero attached hydrogens (tertiary/aromatic N) is 1. The van der Waals surface area contributed by atoms with Gasteiger partial charge in [0.1, 0.15) is 5.75 Å². The summed E-state index contributed by atoms with van der Waals surface area (Å²) in [7, 11) is 0. The van der Waals surface area contributed by atoms with E-state index in [-0.39, 0.29) is 5.97 Å². The fourth-order valence-electron chi connectivity index (χ4n) is 3.97. The molecule has 0 radical (unpaired) electrons. The largest absolute Gasteiger partial charge is 0.426 e. The van der Waals surface area contributed by atoms with E-state index in [1.807, 2.05) is 30.5 Å². The first-order valence-corrected chi connectivity index (χ1v) is 12.9. The molecule has 3 nitrogen and oxygen atoms in total. The second-order valence-electron chi connectivity index (χ2n) is 9.15. The second kappa shape index (κ2) is 15.6. The molecule has 0 bridgehead atoms. The van der Waals surface area contributed by atoms with Crippen molar-refractivity contribution < 1.29 is 9.53 Å². The Kier molecular flexibility index (Phi) is 12.7. The van der Waals surface area contributed by atoms with Gasteiger partial charge in [0.15, 0.2) is 0 Å². The second-order valence-corrected chi connectivity index (χ2v) is 9.15. The van der Waals surface area contributed by atoms with Crippen LogP contribution in [0.25, 0.3) is 11.3 Å². The van der Waals surface area contributed by atoms with Crippen LogP contribution in [0.4, 0.5) is 0 Å². The van der Waals surface area contributed by atoms with Crippen molar-refractivity contribution in [3.05, 3.63) is 48.2 Å². The maximum Gasteiger partial charge on any atom is 0.311 e. The zero-order valence-electron chi connectivity index (χ0n) is 20.6. The molecule has 176 valence electrons. The maximum absolute atomic E-state index is 12.4. The van der Waals surface area contributed by atoms with Crippen LogP contribution < -0.4 is 4.74 Å². The first kappa shape index (κ1) is 26.1. The number of pyridine rings is 1. The predicted octanol–water partition coefficient (Wildman–Crippen LogP) is 8.55. The minimum absolute atomic E-state index is 0.152. The lowest BCUT2D eigenvalue weighted by atomic mass is 10.0. The van der Waals surface area contributed by atoms with Gasteiger partial charge in [-0.2, -0.15) is 0 Å². The normalized spacial score (nSPS) is 12.0. The molecule has 0 N–H and O–H groups in total. The van der Waals surface area contributed by atoms with E-state index in [2.05, 4.69) is 37.9 Å². The zero-order chi connectivity index (χ0) is 23.0. The Labute approximate surface area is 196 Å². The summed E-state index contributed by atoms with van der Waals surface area (Å²) in [6.07, 6.45) is 16.9. The first-order valence-electron chi connectivity index (χ1n) is 12.9. The lowest BCUT2D eigenvalue weighted by Gasteiger charge is -2.11. The van der Waals surface area contributed by atoms with Crippen LogP contribution in [0.2, 0.25) is 0 Å². The third-order valence-corrected chi connectivity index (χ3v) is 6.30. The molecule has 0 amide bonds. The van der Waals surface area contributed by atoms with Gasteiger partial charge in [-0.3, -0.25) is 9.78 Å². The van der Waals surface area contributed by atoms with Gasteiger partial charge in [0.2, 0.25) is 0 Å². The molecule has 0 aliphatic heterocycles. The van der Waals surface area contributed by atoms with Crippen molar-refractivity contribution in [1.82, 2.24) is 4.98 Å². The van der Waals surface area contributed by atoms with Crippen LogP contribution in [0.15, 0.2) is 42.6 Å². The summed E-state index contributed by atoms with van der Waals surface area (Å²) in [5.74, 6) is 1.19. The highest BCUT2D eigenvalue weighted by Gasteiger charge is 2.12. The van der Waals surface area contributed by atoms with Crippen molar-refractivity contribution in [2.24, 2.45) is 5.92 Å². The number of aromatic nitrogens is 1. The minimum Gasteiger partial charge on any atom is -0.426 e. The van der Waals surface area contributed by atoms with E-state index in [0.717, 1.165) is 36.4 Å². The van der Waals surface area contributed by atoms with Gasteiger partial charge in [-0.15, -0.1) is 0 Å². The predicted molar refractivity (Wildman–Crippen MR) is 135 cm³/mol. The van der Waals surface area contributed by atoms with Crippen LogP contribution >= 0.6 is 0 Å². The number of aryl methyl sites for hydroxylation is 1. The zero-order valence-corrected chi connectivity index (χ0v) is 20.6. The Morgan fingerprint density at radius 3 is 2.47 bits per heavy atom. The molecular formula is C29H43NO2.